The molecule has 1 aromatic carbocycles. The maximum Gasteiger partial charge on any atom is 0.264 e. The number of halogens is 1. The molecule has 0 N–H and O–H groups in total. The molecule has 6 heteroatoms. The fraction of sp³-hybridized carbons (Fsp3) is 0.545. The minimum Gasteiger partial charge on any atom is -0.342 e. The molecule has 2 saturated heterocycles. The summed E-state index contributed by atoms with van der Waals surface area (Å²) in [5.41, 5.74) is 0.726. The normalized spacial score (nSPS) is 21.3. The van der Waals surface area contributed by atoms with Crippen LogP contribution in [0.15, 0.2) is 18.2 Å². The van der Waals surface area contributed by atoms with Crippen molar-refractivity contribution >= 4 is 33.2 Å². The lowest BCUT2D eigenvalue weighted by Gasteiger charge is -2.37. The monoisotopic (exact) mass is 402 g/mol. The number of piperidine rings is 2. The van der Waals surface area contributed by atoms with Gasteiger partial charge in [-0.2, -0.15) is 0 Å². The van der Waals surface area contributed by atoms with E-state index >= 15 is 0 Å². The van der Waals surface area contributed by atoms with Gasteiger partial charge in [-0.05, 0) is 56.2 Å². The van der Waals surface area contributed by atoms with Crippen molar-refractivity contribution in [1.29, 1.82) is 0 Å². The SMILES string of the molecule is Cc1c(C(=O)N2CCC(C(=O)N3CCCC(C)C3)CC2)sc2cccc(F)c12. The zero-order valence-corrected chi connectivity index (χ0v) is 17.4. The number of likely N-dealkylation sites (tertiary alicyclic amines) is 2. The molecule has 3 heterocycles. The van der Waals surface area contributed by atoms with Gasteiger partial charge >= 0.3 is 0 Å². The molecular formula is C22H27FN2O2S. The van der Waals surface area contributed by atoms with Crippen molar-refractivity contribution in [2.45, 2.75) is 39.5 Å². The van der Waals surface area contributed by atoms with Crippen LogP contribution in [0.1, 0.15) is 47.8 Å². The fourth-order valence-electron chi connectivity index (χ4n) is 4.58. The smallest absolute Gasteiger partial charge is 0.264 e. The van der Waals surface area contributed by atoms with Crippen molar-refractivity contribution in [1.82, 2.24) is 9.80 Å². The number of thiophene rings is 1. The lowest BCUT2D eigenvalue weighted by molar-refractivity contribution is -0.138. The maximum atomic E-state index is 14.2. The van der Waals surface area contributed by atoms with Crippen LogP contribution in [0, 0.1) is 24.6 Å². The van der Waals surface area contributed by atoms with E-state index in [0.717, 1.165) is 29.8 Å². The summed E-state index contributed by atoms with van der Waals surface area (Å²) in [6, 6.07) is 4.98. The Balaban J connectivity index is 1.42. The van der Waals surface area contributed by atoms with Gasteiger partial charge < -0.3 is 9.80 Å². The summed E-state index contributed by atoms with van der Waals surface area (Å²) < 4.78 is 15.0. The molecule has 1 aromatic heterocycles. The first-order valence-electron chi connectivity index (χ1n) is 10.2. The summed E-state index contributed by atoms with van der Waals surface area (Å²) in [4.78, 5) is 30.4. The number of aryl methyl sites for hydroxylation is 1. The molecule has 2 aromatic rings. The highest BCUT2D eigenvalue weighted by Gasteiger charge is 2.33. The van der Waals surface area contributed by atoms with Crippen molar-refractivity contribution < 1.29 is 14.0 Å². The Morgan fingerprint density at radius 1 is 1.11 bits per heavy atom. The zero-order valence-electron chi connectivity index (χ0n) is 16.5. The van der Waals surface area contributed by atoms with Crippen LogP contribution in [0.5, 0.6) is 0 Å². The van der Waals surface area contributed by atoms with Crippen LogP contribution < -0.4 is 0 Å². The average Bonchev–Trinajstić information content (AvgIpc) is 3.05. The summed E-state index contributed by atoms with van der Waals surface area (Å²) >= 11 is 1.36. The van der Waals surface area contributed by atoms with Crippen LogP contribution in [0.2, 0.25) is 0 Å². The largest absolute Gasteiger partial charge is 0.342 e. The van der Waals surface area contributed by atoms with Gasteiger partial charge in [-0.25, -0.2) is 4.39 Å². The highest BCUT2D eigenvalue weighted by atomic mass is 32.1. The molecule has 4 nitrogen and oxygen atoms in total. The molecule has 2 amide bonds. The molecule has 4 rings (SSSR count). The molecule has 2 aliphatic heterocycles. The molecule has 1 atom stereocenters. The third-order valence-electron chi connectivity index (χ3n) is 6.20. The van der Waals surface area contributed by atoms with Gasteiger partial charge in [0.1, 0.15) is 5.82 Å². The molecular weight excluding hydrogens is 375 g/mol. The molecule has 2 fully saturated rings. The van der Waals surface area contributed by atoms with E-state index in [-0.39, 0.29) is 23.5 Å². The molecule has 28 heavy (non-hydrogen) atoms. The number of carbonyl (C=O) groups excluding carboxylic acids is 2. The van der Waals surface area contributed by atoms with Gasteiger partial charge in [0, 0.05) is 42.2 Å². The van der Waals surface area contributed by atoms with E-state index in [1.807, 2.05) is 22.8 Å². The Morgan fingerprint density at radius 3 is 2.54 bits per heavy atom. The lowest BCUT2D eigenvalue weighted by atomic mass is 9.92. The Bertz CT molecular complexity index is 901. The van der Waals surface area contributed by atoms with Crippen LogP contribution in [0.4, 0.5) is 4.39 Å². The van der Waals surface area contributed by atoms with Gasteiger partial charge in [-0.15, -0.1) is 11.3 Å². The number of hydrogen-bond acceptors (Lipinski definition) is 3. The number of fused-ring (bicyclic) bond motifs is 1. The molecule has 2 aliphatic rings. The highest BCUT2D eigenvalue weighted by molar-refractivity contribution is 7.21. The van der Waals surface area contributed by atoms with Crippen LogP contribution >= 0.6 is 11.3 Å². The maximum absolute atomic E-state index is 14.2. The Labute approximate surface area is 169 Å². The second kappa shape index (κ2) is 7.82. The van der Waals surface area contributed by atoms with Crippen molar-refractivity contribution in [2.24, 2.45) is 11.8 Å². The average molecular weight is 403 g/mol. The molecule has 0 bridgehead atoms. The zero-order chi connectivity index (χ0) is 19.8. The predicted molar refractivity (Wildman–Crippen MR) is 110 cm³/mol. The van der Waals surface area contributed by atoms with Crippen LogP contribution in [0.3, 0.4) is 0 Å². The third kappa shape index (κ3) is 3.54. The lowest BCUT2D eigenvalue weighted by Crippen LogP contribution is -2.46. The van der Waals surface area contributed by atoms with Crippen LogP contribution in [0.25, 0.3) is 10.1 Å². The molecule has 0 spiro atoms. The molecule has 0 saturated carbocycles. The van der Waals surface area contributed by atoms with Crippen molar-refractivity contribution in [3.8, 4) is 0 Å². The molecule has 1 unspecified atom stereocenters. The second-order valence-electron chi connectivity index (χ2n) is 8.27. The number of hydrogen-bond donors (Lipinski definition) is 0. The number of rotatable bonds is 2. The fourth-order valence-corrected chi connectivity index (χ4v) is 5.77. The highest BCUT2D eigenvalue weighted by Crippen LogP contribution is 2.34. The minimum absolute atomic E-state index is 0.0234. The Hall–Kier alpha value is -1.95. The number of nitrogens with zero attached hydrogens (tertiary/aromatic N) is 2. The summed E-state index contributed by atoms with van der Waals surface area (Å²) in [6.07, 6.45) is 3.72. The van der Waals surface area contributed by atoms with Crippen LogP contribution in [-0.4, -0.2) is 47.8 Å². The van der Waals surface area contributed by atoms with Gasteiger partial charge in [-0.1, -0.05) is 13.0 Å². The molecule has 0 aliphatic carbocycles. The van der Waals surface area contributed by atoms with E-state index in [1.165, 1.54) is 23.8 Å². The van der Waals surface area contributed by atoms with E-state index < -0.39 is 0 Å². The van der Waals surface area contributed by atoms with E-state index in [2.05, 4.69) is 6.92 Å². The molecule has 150 valence electrons. The van der Waals surface area contributed by atoms with E-state index in [1.54, 1.807) is 6.07 Å². The summed E-state index contributed by atoms with van der Waals surface area (Å²) in [5, 5.41) is 0.556. The number of amides is 2. The summed E-state index contributed by atoms with van der Waals surface area (Å²) in [5.74, 6) is 0.561. The second-order valence-corrected chi connectivity index (χ2v) is 9.32. The quantitative estimate of drug-likeness (QED) is 0.744. The van der Waals surface area contributed by atoms with Crippen molar-refractivity contribution in [3.63, 3.8) is 0 Å². The minimum atomic E-state index is -0.273. The Morgan fingerprint density at radius 2 is 1.86 bits per heavy atom. The van der Waals surface area contributed by atoms with E-state index in [4.69, 9.17) is 0 Å². The summed E-state index contributed by atoms with van der Waals surface area (Å²) in [6.45, 7) is 6.95. The topological polar surface area (TPSA) is 40.6 Å². The van der Waals surface area contributed by atoms with E-state index in [0.29, 0.717) is 42.1 Å². The number of benzene rings is 1. The van der Waals surface area contributed by atoms with Gasteiger partial charge in [0.05, 0.1) is 4.88 Å². The summed E-state index contributed by atoms with van der Waals surface area (Å²) in [7, 11) is 0. The standard InChI is InChI=1S/C22H27FN2O2S/c1-14-5-4-10-25(13-14)21(26)16-8-11-24(12-9-16)22(27)20-15(2)19-17(23)6-3-7-18(19)28-20/h3,6-7,14,16H,4-5,8-13H2,1-2H3. The van der Waals surface area contributed by atoms with Gasteiger partial charge in [-0.3, -0.25) is 9.59 Å². The van der Waals surface area contributed by atoms with Gasteiger partial charge in [0.15, 0.2) is 0 Å². The third-order valence-corrected chi connectivity index (χ3v) is 7.44. The van der Waals surface area contributed by atoms with Gasteiger partial charge in [0.2, 0.25) is 5.91 Å². The van der Waals surface area contributed by atoms with Gasteiger partial charge in [0.25, 0.3) is 5.91 Å². The first-order valence-corrected chi connectivity index (χ1v) is 11.0. The van der Waals surface area contributed by atoms with Crippen molar-refractivity contribution in [2.75, 3.05) is 26.2 Å². The first kappa shape index (κ1) is 19.4. The molecule has 0 radical (unpaired) electrons. The first-order chi connectivity index (χ1) is 13.5. The van der Waals surface area contributed by atoms with Crippen molar-refractivity contribution in [3.05, 3.63) is 34.5 Å². The van der Waals surface area contributed by atoms with Crippen LogP contribution in [-0.2, 0) is 4.79 Å². The van der Waals surface area contributed by atoms with E-state index in [9.17, 15) is 14.0 Å². The number of carbonyl (C=O) groups is 2. The Kier molecular flexibility index (Phi) is 5.41. The predicted octanol–water partition coefficient (Wildman–Crippen LogP) is 4.46.